The molecule has 1 atom stereocenters. The fraction of sp³-hybridized carbons (Fsp3) is 0.250. The number of fused-ring (bicyclic) bond motifs is 1. The van der Waals surface area contributed by atoms with Crippen molar-refractivity contribution in [3.05, 3.63) is 71.9 Å². The van der Waals surface area contributed by atoms with Gasteiger partial charge in [-0.2, -0.15) is 12.6 Å². The lowest BCUT2D eigenvalue weighted by Crippen LogP contribution is -2.37. The number of hydrogen-bond donors (Lipinski definition) is 1. The Morgan fingerprint density at radius 2 is 1.79 bits per heavy atom. The second-order valence-electron chi connectivity index (χ2n) is 6.14. The Labute approximate surface area is 147 Å². The molecule has 0 bridgehead atoms. The Balaban J connectivity index is 2.20. The van der Waals surface area contributed by atoms with Crippen molar-refractivity contribution in [2.45, 2.75) is 18.9 Å². The van der Waals surface area contributed by atoms with Crippen molar-refractivity contribution in [1.82, 2.24) is 4.57 Å². The smallest absolute Gasteiger partial charge is 0.318 e. The molecule has 3 aromatic rings. The third kappa shape index (κ3) is 2.82. The van der Waals surface area contributed by atoms with E-state index in [4.69, 9.17) is 4.74 Å². The minimum atomic E-state index is -0.800. The van der Waals surface area contributed by atoms with E-state index < -0.39 is 5.41 Å². The Morgan fingerprint density at radius 1 is 1.12 bits per heavy atom. The van der Waals surface area contributed by atoms with Crippen LogP contribution in [0.1, 0.15) is 18.2 Å². The third-order valence-corrected chi connectivity index (χ3v) is 5.14. The van der Waals surface area contributed by atoms with Gasteiger partial charge in [-0.3, -0.25) is 4.79 Å². The number of carbonyl (C=O) groups excluding carboxylic acids is 1. The lowest BCUT2D eigenvalue weighted by Gasteiger charge is -2.27. The van der Waals surface area contributed by atoms with E-state index in [0.717, 1.165) is 16.6 Å². The molecule has 124 valence electrons. The Bertz CT molecular complexity index is 856. The fourth-order valence-electron chi connectivity index (χ4n) is 3.08. The van der Waals surface area contributed by atoms with Crippen LogP contribution in [0.3, 0.4) is 0 Å². The van der Waals surface area contributed by atoms with Gasteiger partial charge in [0, 0.05) is 23.5 Å². The normalized spacial score (nSPS) is 13.6. The van der Waals surface area contributed by atoms with Gasteiger partial charge in [0.2, 0.25) is 0 Å². The summed E-state index contributed by atoms with van der Waals surface area (Å²) in [5.74, 6) is 0.111. The summed E-state index contributed by atoms with van der Waals surface area (Å²) in [6.45, 7) is 2.59. The van der Waals surface area contributed by atoms with Crippen LogP contribution >= 0.6 is 12.6 Å². The van der Waals surface area contributed by atoms with Gasteiger partial charge in [0.15, 0.2) is 0 Å². The van der Waals surface area contributed by atoms with E-state index in [1.54, 1.807) is 0 Å². The predicted octanol–water partition coefficient (Wildman–Crippen LogP) is 4.05. The standard InChI is InChI=1S/C20H21NO2S/c1-20(14-24,19(22)23-2)18-12-16-10-6-7-11-17(16)21(18)13-15-8-4-3-5-9-15/h3-12,24H,13-14H2,1-2H3. The largest absolute Gasteiger partial charge is 0.468 e. The van der Waals surface area contributed by atoms with Crippen LogP contribution in [0.15, 0.2) is 60.7 Å². The highest BCUT2D eigenvalue weighted by Crippen LogP contribution is 2.33. The SMILES string of the molecule is COC(=O)C(C)(CS)c1cc2ccccc2n1Cc1ccccc1. The van der Waals surface area contributed by atoms with Crippen LogP contribution in [0, 0.1) is 0 Å². The molecule has 0 amide bonds. The van der Waals surface area contributed by atoms with Crippen LogP contribution in [0.5, 0.6) is 0 Å². The van der Waals surface area contributed by atoms with Gasteiger partial charge in [0.25, 0.3) is 0 Å². The number of nitrogens with zero attached hydrogens (tertiary/aromatic N) is 1. The molecule has 4 heteroatoms. The van der Waals surface area contributed by atoms with E-state index in [1.807, 2.05) is 37.3 Å². The maximum absolute atomic E-state index is 12.5. The first-order valence-electron chi connectivity index (χ1n) is 7.92. The summed E-state index contributed by atoms with van der Waals surface area (Å²) in [6, 6.07) is 20.5. The zero-order chi connectivity index (χ0) is 17.2. The van der Waals surface area contributed by atoms with Crippen LogP contribution < -0.4 is 0 Å². The number of ether oxygens (including phenoxy) is 1. The van der Waals surface area contributed by atoms with Crippen molar-refractivity contribution in [3.8, 4) is 0 Å². The van der Waals surface area contributed by atoms with Crippen molar-refractivity contribution in [3.63, 3.8) is 0 Å². The Kier molecular flexibility index (Phi) is 4.67. The highest BCUT2D eigenvalue weighted by atomic mass is 32.1. The number of benzene rings is 2. The molecule has 0 fully saturated rings. The van der Waals surface area contributed by atoms with Crippen molar-refractivity contribution in [2.75, 3.05) is 12.9 Å². The minimum Gasteiger partial charge on any atom is -0.468 e. The van der Waals surface area contributed by atoms with Crippen LogP contribution in [0.25, 0.3) is 10.9 Å². The maximum Gasteiger partial charge on any atom is 0.318 e. The third-order valence-electron chi connectivity index (χ3n) is 4.51. The second kappa shape index (κ2) is 6.73. The fourth-order valence-corrected chi connectivity index (χ4v) is 3.37. The first-order chi connectivity index (χ1) is 11.6. The summed E-state index contributed by atoms with van der Waals surface area (Å²) >= 11 is 4.45. The molecule has 3 nitrogen and oxygen atoms in total. The highest BCUT2D eigenvalue weighted by Gasteiger charge is 2.38. The van der Waals surface area contributed by atoms with Gasteiger partial charge < -0.3 is 9.30 Å². The van der Waals surface area contributed by atoms with Crippen molar-refractivity contribution >= 4 is 29.5 Å². The van der Waals surface area contributed by atoms with Crippen molar-refractivity contribution in [1.29, 1.82) is 0 Å². The molecule has 0 aliphatic carbocycles. The molecule has 0 saturated heterocycles. The van der Waals surface area contributed by atoms with E-state index in [9.17, 15) is 4.79 Å². The number of para-hydroxylation sites is 1. The molecule has 0 spiro atoms. The highest BCUT2D eigenvalue weighted by molar-refractivity contribution is 7.80. The molecule has 1 aromatic heterocycles. The number of aromatic nitrogens is 1. The van der Waals surface area contributed by atoms with E-state index in [2.05, 4.69) is 47.5 Å². The molecule has 0 N–H and O–H groups in total. The van der Waals surface area contributed by atoms with E-state index in [-0.39, 0.29) is 5.97 Å². The lowest BCUT2D eigenvalue weighted by atomic mass is 9.88. The van der Waals surface area contributed by atoms with Gasteiger partial charge >= 0.3 is 5.97 Å². The molecule has 24 heavy (non-hydrogen) atoms. The molecule has 1 heterocycles. The Hall–Kier alpha value is -2.20. The zero-order valence-corrected chi connectivity index (χ0v) is 14.8. The first kappa shape index (κ1) is 16.7. The van der Waals surface area contributed by atoms with Crippen molar-refractivity contribution < 1.29 is 9.53 Å². The van der Waals surface area contributed by atoms with Gasteiger partial charge in [0.1, 0.15) is 5.41 Å². The second-order valence-corrected chi connectivity index (χ2v) is 6.46. The molecule has 0 aliphatic rings. The molecule has 0 radical (unpaired) electrons. The number of rotatable bonds is 5. The number of thiol groups is 1. The molecule has 0 saturated carbocycles. The predicted molar refractivity (Wildman–Crippen MR) is 101 cm³/mol. The summed E-state index contributed by atoms with van der Waals surface area (Å²) in [6.07, 6.45) is 0. The van der Waals surface area contributed by atoms with Gasteiger partial charge in [-0.05, 0) is 30.0 Å². The number of hydrogen-bond acceptors (Lipinski definition) is 3. The average molecular weight is 339 g/mol. The molecule has 1 unspecified atom stereocenters. The first-order valence-corrected chi connectivity index (χ1v) is 8.55. The average Bonchev–Trinajstić information content (AvgIpc) is 3.00. The summed E-state index contributed by atoms with van der Waals surface area (Å²) in [4.78, 5) is 12.5. The monoisotopic (exact) mass is 339 g/mol. The minimum absolute atomic E-state index is 0.269. The maximum atomic E-state index is 12.5. The zero-order valence-electron chi connectivity index (χ0n) is 13.9. The molecule has 2 aromatic carbocycles. The topological polar surface area (TPSA) is 31.2 Å². The summed E-state index contributed by atoms with van der Waals surface area (Å²) in [7, 11) is 1.42. The van der Waals surface area contributed by atoms with Crippen molar-refractivity contribution in [2.24, 2.45) is 0 Å². The van der Waals surface area contributed by atoms with E-state index in [1.165, 1.54) is 12.7 Å². The van der Waals surface area contributed by atoms with E-state index in [0.29, 0.717) is 12.3 Å². The van der Waals surface area contributed by atoms with Crippen LogP contribution in [0.4, 0.5) is 0 Å². The van der Waals surface area contributed by atoms with Crippen LogP contribution in [-0.4, -0.2) is 23.4 Å². The van der Waals surface area contributed by atoms with Crippen LogP contribution in [-0.2, 0) is 21.5 Å². The summed E-state index contributed by atoms with van der Waals surface area (Å²) in [5, 5.41) is 1.11. The molecular weight excluding hydrogens is 318 g/mol. The summed E-state index contributed by atoms with van der Waals surface area (Å²) in [5.41, 5.74) is 2.42. The molecule has 0 aliphatic heterocycles. The number of methoxy groups -OCH3 is 1. The molecular formula is C20H21NO2S. The quantitative estimate of drug-likeness (QED) is 0.562. The lowest BCUT2D eigenvalue weighted by molar-refractivity contribution is -0.146. The van der Waals surface area contributed by atoms with Gasteiger partial charge in [-0.15, -0.1) is 0 Å². The van der Waals surface area contributed by atoms with Gasteiger partial charge in [0.05, 0.1) is 7.11 Å². The molecule has 3 rings (SSSR count). The Morgan fingerprint density at radius 3 is 2.46 bits per heavy atom. The number of esters is 1. The number of carbonyl (C=O) groups is 1. The van der Waals surface area contributed by atoms with Gasteiger partial charge in [-0.25, -0.2) is 0 Å². The van der Waals surface area contributed by atoms with Crippen LogP contribution in [0.2, 0.25) is 0 Å². The summed E-state index contributed by atoms with van der Waals surface area (Å²) < 4.78 is 7.25. The van der Waals surface area contributed by atoms with E-state index >= 15 is 0 Å². The van der Waals surface area contributed by atoms with Gasteiger partial charge in [-0.1, -0.05) is 48.5 Å².